The van der Waals surface area contributed by atoms with E-state index >= 15 is 0 Å². The van der Waals surface area contributed by atoms with Crippen LogP contribution in [0.15, 0.2) is 18.9 Å². The van der Waals surface area contributed by atoms with Gasteiger partial charge in [0.15, 0.2) is 0 Å². The summed E-state index contributed by atoms with van der Waals surface area (Å²) in [6.07, 6.45) is 3.31. The van der Waals surface area contributed by atoms with E-state index < -0.39 is 17.3 Å². The molecule has 0 aliphatic carbocycles. The molecule has 2 aliphatic heterocycles. The topological polar surface area (TPSA) is 86.6 Å². The van der Waals surface area contributed by atoms with Gasteiger partial charge in [-0.1, -0.05) is 6.08 Å². The maximum atomic E-state index is 12.6. The Labute approximate surface area is 134 Å². The normalized spacial score (nSPS) is 26.5. The Morgan fingerprint density at radius 1 is 1.52 bits per heavy atom. The third-order valence-electron chi connectivity index (χ3n) is 4.75. The van der Waals surface area contributed by atoms with Crippen LogP contribution < -0.4 is 4.90 Å². The van der Waals surface area contributed by atoms with Crippen molar-refractivity contribution in [2.75, 3.05) is 31.1 Å². The van der Waals surface area contributed by atoms with Gasteiger partial charge in [0.2, 0.25) is 5.91 Å². The van der Waals surface area contributed by atoms with E-state index in [1.807, 2.05) is 18.7 Å². The van der Waals surface area contributed by atoms with E-state index in [1.165, 1.54) is 0 Å². The molecule has 3 rings (SSSR count). The van der Waals surface area contributed by atoms with Crippen molar-refractivity contribution >= 4 is 17.7 Å². The van der Waals surface area contributed by atoms with Gasteiger partial charge < -0.3 is 14.9 Å². The maximum absolute atomic E-state index is 12.6. The highest BCUT2D eigenvalue weighted by atomic mass is 16.4. The predicted molar refractivity (Wildman–Crippen MR) is 84.1 cm³/mol. The minimum Gasteiger partial charge on any atom is -0.481 e. The number of fused-ring (bicyclic) bond motifs is 1. The van der Waals surface area contributed by atoms with E-state index in [0.29, 0.717) is 18.9 Å². The lowest BCUT2D eigenvalue weighted by Crippen LogP contribution is -2.41. The molecule has 0 aromatic carbocycles. The molecule has 122 valence electrons. The minimum absolute atomic E-state index is 0.118. The summed E-state index contributed by atoms with van der Waals surface area (Å²) in [6.45, 7) is 8.55. The minimum atomic E-state index is -1.09. The molecule has 0 spiro atoms. The van der Waals surface area contributed by atoms with Gasteiger partial charge in [-0.15, -0.1) is 6.58 Å². The van der Waals surface area contributed by atoms with Gasteiger partial charge in [-0.05, 0) is 13.8 Å². The first kappa shape index (κ1) is 15.5. The highest BCUT2D eigenvalue weighted by molar-refractivity contribution is 5.93. The summed E-state index contributed by atoms with van der Waals surface area (Å²) in [4.78, 5) is 36.8. The molecule has 0 radical (unpaired) electrons. The third-order valence-corrected chi connectivity index (χ3v) is 4.75. The fourth-order valence-electron chi connectivity index (χ4n) is 3.60. The number of aliphatic carboxylic acids is 1. The van der Waals surface area contributed by atoms with E-state index in [0.717, 1.165) is 11.4 Å². The van der Waals surface area contributed by atoms with Crippen LogP contribution in [0.4, 0.5) is 5.82 Å². The smallest absolute Gasteiger partial charge is 0.314 e. The summed E-state index contributed by atoms with van der Waals surface area (Å²) >= 11 is 0. The summed E-state index contributed by atoms with van der Waals surface area (Å²) in [7, 11) is 0. The van der Waals surface area contributed by atoms with Crippen LogP contribution in [-0.4, -0.2) is 58.0 Å². The number of carboxylic acids is 1. The van der Waals surface area contributed by atoms with Crippen LogP contribution in [0, 0.1) is 25.2 Å². The first-order chi connectivity index (χ1) is 10.9. The number of carbonyl (C=O) groups is 2. The molecule has 0 unspecified atom stereocenters. The fourth-order valence-corrected chi connectivity index (χ4v) is 3.60. The number of aromatic nitrogens is 2. The Morgan fingerprint density at radius 2 is 2.26 bits per heavy atom. The van der Waals surface area contributed by atoms with E-state index in [4.69, 9.17) is 0 Å². The molecule has 7 heteroatoms. The van der Waals surface area contributed by atoms with Crippen LogP contribution in [0.2, 0.25) is 0 Å². The number of likely N-dealkylation sites (tertiary alicyclic amines) is 1. The van der Waals surface area contributed by atoms with Gasteiger partial charge in [0.25, 0.3) is 0 Å². The van der Waals surface area contributed by atoms with Crippen molar-refractivity contribution in [2.45, 2.75) is 13.8 Å². The summed E-state index contributed by atoms with van der Waals surface area (Å²) < 4.78 is 0. The van der Waals surface area contributed by atoms with Crippen LogP contribution >= 0.6 is 0 Å². The van der Waals surface area contributed by atoms with Crippen LogP contribution in [0.1, 0.15) is 11.4 Å². The number of nitrogens with zero attached hydrogens (tertiary/aromatic N) is 4. The molecule has 23 heavy (non-hydrogen) atoms. The van der Waals surface area contributed by atoms with E-state index in [1.54, 1.807) is 17.2 Å². The summed E-state index contributed by atoms with van der Waals surface area (Å²) in [5, 5.41) is 9.80. The number of amides is 1. The van der Waals surface area contributed by atoms with Crippen LogP contribution in [0.5, 0.6) is 0 Å². The zero-order valence-corrected chi connectivity index (χ0v) is 13.3. The highest BCUT2D eigenvalue weighted by Gasteiger charge is 2.62. The first-order valence-corrected chi connectivity index (χ1v) is 7.57. The Morgan fingerprint density at radius 3 is 2.87 bits per heavy atom. The zero-order valence-electron chi connectivity index (χ0n) is 13.3. The van der Waals surface area contributed by atoms with Gasteiger partial charge in [0, 0.05) is 32.4 Å². The van der Waals surface area contributed by atoms with Crippen LogP contribution in [0.3, 0.4) is 0 Å². The number of anilines is 1. The lowest BCUT2D eigenvalue weighted by Gasteiger charge is -2.26. The molecule has 1 aromatic heterocycles. The summed E-state index contributed by atoms with van der Waals surface area (Å²) in [5.41, 5.74) is 0.427. The average molecular weight is 316 g/mol. The number of aryl methyl sites for hydroxylation is 2. The number of carboxylic acid groups (broad SMARTS) is 1. The summed E-state index contributed by atoms with van der Waals surface area (Å²) in [5.74, 6) is -0.930. The van der Waals surface area contributed by atoms with Crippen molar-refractivity contribution < 1.29 is 14.7 Å². The number of hydrogen-bond acceptors (Lipinski definition) is 5. The Balaban J connectivity index is 1.95. The maximum Gasteiger partial charge on any atom is 0.314 e. The fraction of sp³-hybridized carbons (Fsp3) is 0.500. The van der Waals surface area contributed by atoms with Gasteiger partial charge in [-0.3, -0.25) is 14.6 Å². The Hall–Kier alpha value is -2.44. The Kier molecular flexibility index (Phi) is 3.58. The van der Waals surface area contributed by atoms with Gasteiger partial charge >= 0.3 is 5.97 Å². The lowest BCUT2D eigenvalue weighted by atomic mass is 9.81. The summed E-state index contributed by atoms with van der Waals surface area (Å²) in [6, 6.07) is 0. The van der Waals surface area contributed by atoms with Gasteiger partial charge in [0.1, 0.15) is 11.2 Å². The molecule has 1 amide bonds. The molecule has 2 aliphatic rings. The number of carbonyl (C=O) groups excluding carboxylic acids is 1. The first-order valence-electron chi connectivity index (χ1n) is 7.57. The molecule has 2 saturated heterocycles. The van der Waals surface area contributed by atoms with Crippen molar-refractivity contribution in [3.05, 3.63) is 30.2 Å². The second-order valence-corrected chi connectivity index (χ2v) is 6.32. The van der Waals surface area contributed by atoms with Crippen molar-refractivity contribution in [3.63, 3.8) is 0 Å². The predicted octanol–water partition coefficient (Wildman–Crippen LogP) is 0.629. The highest BCUT2D eigenvalue weighted by Crippen LogP contribution is 2.45. The van der Waals surface area contributed by atoms with Gasteiger partial charge in [-0.2, -0.15) is 0 Å². The molecule has 7 nitrogen and oxygen atoms in total. The second-order valence-electron chi connectivity index (χ2n) is 6.32. The number of hydrogen-bond donors (Lipinski definition) is 1. The van der Waals surface area contributed by atoms with Crippen LogP contribution in [0.25, 0.3) is 0 Å². The monoisotopic (exact) mass is 316 g/mol. The van der Waals surface area contributed by atoms with E-state index in [9.17, 15) is 14.7 Å². The van der Waals surface area contributed by atoms with Gasteiger partial charge in [0.05, 0.1) is 17.3 Å². The van der Waals surface area contributed by atoms with Crippen molar-refractivity contribution in [2.24, 2.45) is 11.3 Å². The molecule has 2 atom stereocenters. The van der Waals surface area contributed by atoms with Crippen molar-refractivity contribution in [3.8, 4) is 0 Å². The van der Waals surface area contributed by atoms with Crippen molar-refractivity contribution in [1.82, 2.24) is 14.9 Å². The third kappa shape index (κ3) is 2.27. The van der Waals surface area contributed by atoms with Crippen molar-refractivity contribution in [1.29, 1.82) is 0 Å². The van der Waals surface area contributed by atoms with E-state index in [-0.39, 0.29) is 19.0 Å². The largest absolute Gasteiger partial charge is 0.481 e. The zero-order chi connectivity index (χ0) is 16.8. The molecule has 1 N–H and O–H groups in total. The lowest BCUT2D eigenvalue weighted by molar-refractivity contribution is -0.149. The van der Waals surface area contributed by atoms with E-state index in [2.05, 4.69) is 16.5 Å². The average Bonchev–Trinajstić information content (AvgIpc) is 2.99. The SMILES string of the molecule is C=CCN1C[C@@]2(C(=O)O)CN(c3nc(C)cnc3C)C[C@H]2C1=O. The molecule has 1 aromatic rings. The van der Waals surface area contributed by atoms with Gasteiger partial charge in [-0.25, -0.2) is 4.98 Å². The quantitative estimate of drug-likeness (QED) is 0.820. The second kappa shape index (κ2) is 5.33. The molecule has 0 bridgehead atoms. The molecular formula is C16H20N4O3. The number of rotatable bonds is 4. The Bertz CT molecular complexity index is 690. The van der Waals surface area contributed by atoms with Crippen LogP contribution in [-0.2, 0) is 9.59 Å². The molecule has 0 saturated carbocycles. The standard InChI is InChI=1S/C16H20N4O3/c1-4-5-19-8-16(15(22)23)9-20(7-12(16)14(19)21)13-11(3)17-6-10(2)18-13/h4,6,12H,1,5,7-9H2,2-3H3,(H,22,23)/t12-,16+/m0/s1. The molecule has 2 fully saturated rings. The molecule has 3 heterocycles. The molecular weight excluding hydrogens is 296 g/mol.